The number of hydrogen-bond acceptors (Lipinski definition) is 2. The summed E-state index contributed by atoms with van der Waals surface area (Å²) in [4.78, 5) is 0. The van der Waals surface area contributed by atoms with Crippen molar-refractivity contribution >= 4 is 0 Å². The molecule has 0 saturated heterocycles. The van der Waals surface area contributed by atoms with E-state index in [1.165, 1.54) is 11.1 Å². The third-order valence-corrected chi connectivity index (χ3v) is 2.45. The summed E-state index contributed by atoms with van der Waals surface area (Å²) in [5, 5.41) is 0. The molecule has 0 spiro atoms. The molecule has 0 fully saturated rings. The first-order valence-electron chi connectivity index (χ1n) is 4.67. The Morgan fingerprint density at radius 3 is 2.23 bits per heavy atom. The van der Waals surface area contributed by atoms with Gasteiger partial charge in [0.05, 0.1) is 0 Å². The Morgan fingerprint density at radius 1 is 1.23 bits per heavy atom. The van der Waals surface area contributed by atoms with E-state index in [0.29, 0.717) is 12.5 Å². The van der Waals surface area contributed by atoms with Crippen LogP contribution in [-0.4, -0.2) is 6.54 Å². The summed E-state index contributed by atoms with van der Waals surface area (Å²) in [6.07, 6.45) is 0. The molecule has 2 unspecified atom stereocenters. The van der Waals surface area contributed by atoms with Crippen molar-refractivity contribution in [3.8, 4) is 0 Å². The van der Waals surface area contributed by atoms with Gasteiger partial charge < -0.3 is 11.5 Å². The zero-order chi connectivity index (χ0) is 9.84. The van der Waals surface area contributed by atoms with E-state index in [0.717, 1.165) is 0 Å². The largest absolute Gasteiger partial charge is 0.330 e. The Balaban J connectivity index is 2.77. The fourth-order valence-electron chi connectivity index (χ4n) is 1.26. The van der Waals surface area contributed by atoms with Crippen LogP contribution < -0.4 is 11.5 Å². The van der Waals surface area contributed by atoms with Crippen LogP contribution in [-0.2, 0) is 0 Å². The molecular formula is C11H18N2. The van der Waals surface area contributed by atoms with Gasteiger partial charge in [-0.3, -0.25) is 0 Å². The van der Waals surface area contributed by atoms with Crippen LogP contribution in [0.4, 0.5) is 0 Å². The highest BCUT2D eigenvalue weighted by molar-refractivity contribution is 5.24. The Kier molecular flexibility index (Phi) is 3.46. The standard InChI is InChI=1S/C11H18N2/c1-8-3-5-10(6-4-8)11(13)9(2)7-12/h3-6,9,11H,7,12-13H2,1-2H3. The maximum absolute atomic E-state index is 6.02. The highest BCUT2D eigenvalue weighted by Crippen LogP contribution is 2.18. The first kappa shape index (κ1) is 10.2. The first-order valence-corrected chi connectivity index (χ1v) is 4.67. The Morgan fingerprint density at radius 2 is 1.77 bits per heavy atom. The van der Waals surface area contributed by atoms with Crippen LogP contribution in [0.1, 0.15) is 24.1 Å². The highest BCUT2D eigenvalue weighted by atomic mass is 14.7. The Bertz CT molecular complexity index is 253. The van der Waals surface area contributed by atoms with E-state index in [1.54, 1.807) is 0 Å². The van der Waals surface area contributed by atoms with Gasteiger partial charge in [0.15, 0.2) is 0 Å². The van der Waals surface area contributed by atoms with Gasteiger partial charge in [-0.25, -0.2) is 0 Å². The number of hydrogen-bond donors (Lipinski definition) is 2. The van der Waals surface area contributed by atoms with Crippen LogP contribution >= 0.6 is 0 Å². The number of rotatable bonds is 3. The molecule has 0 aliphatic carbocycles. The third-order valence-electron chi connectivity index (χ3n) is 2.45. The highest BCUT2D eigenvalue weighted by Gasteiger charge is 2.12. The van der Waals surface area contributed by atoms with Gasteiger partial charge in [-0.1, -0.05) is 36.8 Å². The second kappa shape index (κ2) is 4.40. The lowest BCUT2D eigenvalue weighted by atomic mass is 9.95. The van der Waals surface area contributed by atoms with Gasteiger partial charge in [-0.2, -0.15) is 0 Å². The van der Waals surface area contributed by atoms with Crippen molar-refractivity contribution < 1.29 is 0 Å². The van der Waals surface area contributed by atoms with Crippen molar-refractivity contribution in [2.24, 2.45) is 17.4 Å². The maximum Gasteiger partial charge on any atom is 0.0332 e. The molecular weight excluding hydrogens is 160 g/mol. The minimum Gasteiger partial charge on any atom is -0.330 e. The predicted molar refractivity (Wildman–Crippen MR) is 56.3 cm³/mol. The Labute approximate surface area is 79.9 Å². The molecule has 72 valence electrons. The van der Waals surface area contributed by atoms with E-state index in [2.05, 4.69) is 38.1 Å². The normalized spacial score (nSPS) is 15.4. The summed E-state index contributed by atoms with van der Waals surface area (Å²) in [5.74, 6) is 0.336. The summed E-state index contributed by atoms with van der Waals surface area (Å²) in [7, 11) is 0. The molecule has 0 bridgehead atoms. The zero-order valence-corrected chi connectivity index (χ0v) is 8.33. The van der Waals surface area contributed by atoms with Gasteiger partial charge in [0.1, 0.15) is 0 Å². The summed E-state index contributed by atoms with van der Waals surface area (Å²) in [6.45, 7) is 4.78. The molecule has 0 aliphatic heterocycles. The minimum atomic E-state index is 0.0607. The molecule has 0 saturated carbocycles. The average Bonchev–Trinajstić information content (AvgIpc) is 2.17. The molecule has 2 heteroatoms. The van der Waals surface area contributed by atoms with Gasteiger partial charge in [-0.05, 0) is 24.9 Å². The number of nitrogens with two attached hydrogens (primary N) is 2. The van der Waals surface area contributed by atoms with E-state index in [4.69, 9.17) is 11.5 Å². The number of benzene rings is 1. The quantitative estimate of drug-likeness (QED) is 0.738. The van der Waals surface area contributed by atoms with Crippen molar-refractivity contribution in [1.29, 1.82) is 0 Å². The van der Waals surface area contributed by atoms with Crippen LogP contribution in [0.2, 0.25) is 0 Å². The average molecular weight is 178 g/mol. The van der Waals surface area contributed by atoms with E-state index < -0.39 is 0 Å². The topological polar surface area (TPSA) is 52.0 Å². The lowest BCUT2D eigenvalue weighted by Gasteiger charge is -2.18. The molecule has 1 rings (SSSR count). The Hall–Kier alpha value is -0.860. The van der Waals surface area contributed by atoms with Crippen LogP contribution in [0.15, 0.2) is 24.3 Å². The molecule has 1 aromatic rings. The molecule has 13 heavy (non-hydrogen) atoms. The van der Waals surface area contributed by atoms with Gasteiger partial charge >= 0.3 is 0 Å². The monoisotopic (exact) mass is 178 g/mol. The molecule has 2 atom stereocenters. The lowest BCUT2D eigenvalue weighted by Crippen LogP contribution is -2.25. The summed E-state index contributed by atoms with van der Waals surface area (Å²) in [5.41, 5.74) is 14.0. The van der Waals surface area contributed by atoms with Crippen LogP contribution in [0, 0.1) is 12.8 Å². The van der Waals surface area contributed by atoms with Crippen LogP contribution in [0.25, 0.3) is 0 Å². The molecule has 0 aliphatic rings. The van der Waals surface area contributed by atoms with Gasteiger partial charge in [0.2, 0.25) is 0 Å². The van der Waals surface area contributed by atoms with Crippen LogP contribution in [0.5, 0.6) is 0 Å². The minimum absolute atomic E-state index is 0.0607. The molecule has 2 nitrogen and oxygen atoms in total. The fourth-order valence-corrected chi connectivity index (χ4v) is 1.26. The lowest BCUT2D eigenvalue weighted by molar-refractivity contribution is 0.481. The summed E-state index contributed by atoms with van der Waals surface area (Å²) >= 11 is 0. The van der Waals surface area contributed by atoms with Crippen molar-refractivity contribution in [2.75, 3.05) is 6.54 Å². The van der Waals surface area contributed by atoms with Crippen molar-refractivity contribution in [1.82, 2.24) is 0 Å². The molecule has 4 N–H and O–H groups in total. The molecule has 0 heterocycles. The molecule has 1 aromatic carbocycles. The second-order valence-electron chi connectivity index (χ2n) is 3.65. The predicted octanol–water partition coefficient (Wildman–Crippen LogP) is 1.59. The molecule has 0 aromatic heterocycles. The number of aryl methyl sites for hydroxylation is 1. The second-order valence-corrected chi connectivity index (χ2v) is 3.65. The van der Waals surface area contributed by atoms with E-state index >= 15 is 0 Å². The van der Waals surface area contributed by atoms with Gasteiger partial charge in [-0.15, -0.1) is 0 Å². The van der Waals surface area contributed by atoms with E-state index in [9.17, 15) is 0 Å². The maximum atomic E-state index is 6.02. The van der Waals surface area contributed by atoms with Gasteiger partial charge in [0, 0.05) is 6.04 Å². The summed E-state index contributed by atoms with van der Waals surface area (Å²) in [6, 6.07) is 8.38. The smallest absolute Gasteiger partial charge is 0.0332 e. The van der Waals surface area contributed by atoms with E-state index in [1.807, 2.05) is 0 Å². The van der Waals surface area contributed by atoms with Crippen molar-refractivity contribution in [3.63, 3.8) is 0 Å². The third kappa shape index (κ3) is 2.54. The molecule has 0 radical (unpaired) electrons. The fraction of sp³-hybridized carbons (Fsp3) is 0.455. The molecule has 0 amide bonds. The van der Waals surface area contributed by atoms with E-state index in [-0.39, 0.29) is 6.04 Å². The summed E-state index contributed by atoms with van der Waals surface area (Å²) < 4.78 is 0. The van der Waals surface area contributed by atoms with Crippen molar-refractivity contribution in [2.45, 2.75) is 19.9 Å². The van der Waals surface area contributed by atoms with Crippen molar-refractivity contribution in [3.05, 3.63) is 35.4 Å². The SMILES string of the molecule is Cc1ccc(C(N)C(C)CN)cc1. The van der Waals surface area contributed by atoms with Crippen LogP contribution in [0.3, 0.4) is 0 Å². The zero-order valence-electron chi connectivity index (χ0n) is 8.33. The van der Waals surface area contributed by atoms with Gasteiger partial charge in [0.25, 0.3) is 0 Å². The first-order chi connectivity index (χ1) is 6.15.